The van der Waals surface area contributed by atoms with Crippen molar-refractivity contribution in [3.05, 3.63) is 44.9 Å². The molecule has 21 heavy (non-hydrogen) atoms. The summed E-state index contributed by atoms with van der Waals surface area (Å²) in [5, 5.41) is 13.6. The Hall–Kier alpha value is -2.00. The average Bonchev–Trinajstić information content (AvgIpc) is 2.89. The molecule has 0 amide bonds. The lowest BCUT2D eigenvalue weighted by atomic mass is 10.2. The number of hydrogen-bond donors (Lipinski definition) is 0. The highest BCUT2D eigenvalue weighted by atomic mass is 32.2. The Bertz CT molecular complexity index is 757. The summed E-state index contributed by atoms with van der Waals surface area (Å²) in [4.78, 5) is 15.9. The minimum absolute atomic E-state index is 0.281. The van der Waals surface area contributed by atoms with Crippen LogP contribution in [0.2, 0.25) is 0 Å². The van der Waals surface area contributed by atoms with Crippen LogP contribution in [0.4, 0.5) is 11.4 Å². The molecule has 1 aromatic heterocycles. The van der Waals surface area contributed by atoms with E-state index in [1.165, 1.54) is 29.5 Å². The van der Waals surface area contributed by atoms with E-state index >= 15 is 0 Å². The summed E-state index contributed by atoms with van der Waals surface area (Å²) >= 11 is 1.48. The number of rotatable bonds is 5. The standard InChI is InChI=1S/C12H13N3O4S2/c1-14(8-12-13-5-6-20-12)9-3-4-10(15(16)17)11(7-9)21(2,18)19/h3-7H,8H2,1-2H3. The van der Waals surface area contributed by atoms with Gasteiger partial charge in [-0.1, -0.05) is 0 Å². The van der Waals surface area contributed by atoms with Gasteiger partial charge in [0.1, 0.15) is 9.90 Å². The maximum absolute atomic E-state index is 11.7. The molecule has 0 aliphatic carbocycles. The van der Waals surface area contributed by atoms with Crippen molar-refractivity contribution in [2.45, 2.75) is 11.4 Å². The molecule has 2 rings (SSSR count). The van der Waals surface area contributed by atoms with Crippen LogP contribution in [-0.2, 0) is 16.4 Å². The van der Waals surface area contributed by atoms with Crippen LogP contribution in [0.1, 0.15) is 5.01 Å². The number of nitrogens with zero attached hydrogens (tertiary/aromatic N) is 3. The van der Waals surface area contributed by atoms with Gasteiger partial charge in [0.15, 0.2) is 9.84 Å². The van der Waals surface area contributed by atoms with Gasteiger partial charge in [-0.2, -0.15) is 0 Å². The summed E-state index contributed by atoms with van der Waals surface area (Å²) in [6.07, 6.45) is 2.64. The Labute approximate surface area is 125 Å². The monoisotopic (exact) mass is 327 g/mol. The summed E-state index contributed by atoms with van der Waals surface area (Å²) in [5.41, 5.74) is 0.167. The average molecular weight is 327 g/mol. The lowest BCUT2D eigenvalue weighted by molar-refractivity contribution is -0.387. The van der Waals surface area contributed by atoms with Crippen molar-refractivity contribution >= 4 is 32.5 Å². The van der Waals surface area contributed by atoms with Gasteiger partial charge in [-0.25, -0.2) is 13.4 Å². The van der Waals surface area contributed by atoms with E-state index in [1.807, 2.05) is 5.38 Å². The topological polar surface area (TPSA) is 93.4 Å². The molecule has 0 fully saturated rings. The Morgan fingerprint density at radius 2 is 2.14 bits per heavy atom. The minimum Gasteiger partial charge on any atom is -0.368 e. The molecule has 0 aliphatic heterocycles. The van der Waals surface area contributed by atoms with E-state index in [0.29, 0.717) is 12.2 Å². The number of sulfone groups is 1. The zero-order valence-corrected chi connectivity index (χ0v) is 13.0. The minimum atomic E-state index is -3.68. The quantitative estimate of drug-likeness (QED) is 0.616. The highest BCUT2D eigenvalue weighted by molar-refractivity contribution is 7.90. The molecular formula is C12H13N3O4S2. The van der Waals surface area contributed by atoms with Crippen LogP contribution >= 0.6 is 11.3 Å². The van der Waals surface area contributed by atoms with E-state index in [9.17, 15) is 18.5 Å². The molecule has 2 aromatic rings. The van der Waals surface area contributed by atoms with E-state index in [0.717, 1.165) is 11.3 Å². The predicted molar refractivity (Wildman–Crippen MR) is 80.4 cm³/mol. The molecule has 112 valence electrons. The first-order valence-corrected chi connectivity index (χ1v) is 8.64. The third-order valence-electron chi connectivity index (χ3n) is 2.84. The fourth-order valence-corrected chi connectivity index (χ4v) is 3.34. The van der Waals surface area contributed by atoms with Crippen LogP contribution in [0.15, 0.2) is 34.7 Å². The lowest BCUT2D eigenvalue weighted by Crippen LogP contribution is -2.17. The molecule has 7 nitrogen and oxygen atoms in total. The number of anilines is 1. The zero-order valence-electron chi connectivity index (χ0n) is 11.4. The normalized spacial score (nSPS) is 11.3. The van der Waals surface area contributed by atoms with Crippen LogP contribution in [0.5, 0.6) is 0 Å². The second-order valence-electron chi connectivity index (χ2n) is 4.46. The Morgan fingerprint density at radius 3 is 2.67 bits per heavy atom. The zero-order chi connectivity index (χ0) is 15.6. The van der Waals surface area contributed by atoms with Gasteiger partial charge in [0.05, 0.1) is 11.5 Å². The third-order valence-corrected chi connectivity index (χ3v) is 4.73. The van der Waals surface area contributed by atoms with Gasteiger partial charge in [-0.05, 0) is 12.1 Å². The number of benzene rings is 1. The summed E-state index contributed by atoms with van der Waals surface area (Å²) in [6.45, 7) is 0.499. The second-order valence-corrected chi connectivity index (χ2v) is 7.43. The fourth-order valence-electron chi connectivity index (χ4n) is 1.81. The van der Waals surface area contributed by atoms with Crippen LogP contribution in [-0.4, -0.2) is 31.6 Å². The van der Waals surface area contributed by atoms with E-state index in [-0.39, 0.29) is 4.90 Å². The molecular weight excluding hydrogens is 314 g/mol. The number of aromatic nitrogens is 1. The molecule has 0 saturated carbocycles. The maximum atomic E-state index is 11.7. The SMILES string of the molecule is CN(Cc1nccs1)c1ccc([N+](=O)[O-])c(S(C)(=O)=O)c1. The molecule has 1 heterocycles. The Balaban J connectivity index is 2.40. The van der Waals surface area contributed by atoms with Crippen LogP contribution in [0, 0.1) is 10.1 Å². The molecule has 0 bridgehead atoms. The molecule has 0 radical (unpaired) electrons. The highest BCUT2D eigenvalue weighted by Gasteiger charge is 2.23. The van der Waals surface area contributed by atoms with Crippen molar-refractivity contribution < 1.29 is 13.3 Å². The van der Waals surface area contributed by atoms with E-state index in [1.54, 1.807) is 18.1 Å². The van der Waals surface area contributed by atoms with Crippen molar-refractivity contribution in [2.75, 3.05) is 18.2 Å². The third kappa shape index (κ3) is 3.56. The molecule has 9 heteroatoms. The molecule has 0 spiro atoms. The van der Waals surface area contributed by atoms with Gasteiger partial charge < -0.3 is 4.90 Å². The van der Waals surface area contributed by atoms with Gasteiger partial charge in [-0.3, -0.25) is 10.1 Å². The number of hydrogen-bond acceptors (Lipinski definition) is 7. The number of nitro benzene ring substituents is 1. The Morgan fingerprint density at radius 1 is 1.43 bits per heavy atom. The van der Waals surface area contributed by atoms with Crippen LogP contribution < -0.4 is 4.90 Å². The summed E-state index contributed by atoms with van der Waals surface area (Å²) in [6, 6.07) is 4.06. The number of thiazole rings is 1. The largest absolute Gasteiger partial charge is 0.368 e. The molecule has 0 atom stereocenters. The number of nitro groups is 1. The first-order chi connectivity index (χ1) is 9.79. The van der Waals surface area contributed by atoms with E-state index in [2.05, 4.69) is 4.98 Å². The molecule has 0 saturated heterocycles. The lowest BCUT2D eigenvalue weighted by Gasteiger charge is -2.18. The van der Waals surface area contributed by atoms with Crippen LogP contribution in [0.25, 0.3) is 0 Å². The maximum Gasteiger partial charge on any atom is 0.288 e. The first kappa shape index (κ1) is 15.4. The van der Waals surface area contributed by atoms with Crippen LogP contribution in [0.3, 0.4) is 0 Å². The van der Waals surface area contributed by atoms with Gasteiger partial charge in [0, 0.05) is 36.6 Å². The van der Waals surface area contributed by atoms with Crippen molar-refractivity contribution in [1.29, 1.82) is 0 Å². The molecule has 1 aromatic carbocycles. The van der Waals surface area contributed by atoms with Crippen molar-refractivity contribution in [3.8, 4) is 0 Å². The summed E-state index contributed by atoms with van der Waals surface area (Å²) < 4.78 is 23.4. The van der Waals surface area contributed by atoms with Gasteiger partial charge in [0.2, 0.25) is 0 Å². The van der Waals surface area contributed by atoms with Crippen molar-refractivity contribution in [2.24, 2.45) is 0 Å². The fraction of sp³-hybridized carbons (Fsp3) is 0.250. The highest BCUT2D eigenvalue weighted by Crippen LogP contribution is 2.29. The van der Waals surface area contributed by atoms with Gasteiger partial charge in [-0.15, -0.1) is 11.3 Å². The molecule has 0 aliphatic rings. The van der Waals surface area contributed by atoms with E-state index < -0.39 is 20.4 Å². The smallest absolute Gasteiger partial charge is 0.288 e. The van der Waals surface area contributed by atoms with Gasteiger partial charge in [0.25, 0.3) is 5.69 Å². The first-order valence-electron chi connectivity index (χ1n) is 5.87. The molecule has 0 N–H and O–H groups in total. The van der Waals surface area contributed by atoms with Gasteiger partial charge >= 0.3 is 0 Å². The summed E-state index contributed by atoms with van der Waals surface area (Å²) in [5.74, 6) is 0. The second kappa shape index (κ2) is 5.78. The molecule has 0 unspecified atom stereocenters. The Kier molecular flexibility index (Phi) is 4.24. The van der Waals surface area contributed by atoms with Crippen molar-refractivity contribution in [1.82, 2.24) is 4.98 Å². The predicted octanol–water partition coefficient (Wildman–Crippen LogP) is 2.09. The summed E-state index contributed by atoms with van der Waals surface area (Å²) in [7, 11) is -1.91. The van der Waals surface area contributed by atoms with E-state index in [4.69, 9.17) is 0 Å². The van der Waals surface area contributed by atoms with Crippen molar-refractivity contribution in [3.63, 3.8) is 0 Å².